The highest BCUT2D eigenvalue weighted by molar-refractivity contribution is 7.89. The number of anilines is 1. The zero-order valence-corrected chi connectivity index (χ0v) is 17.4. The van der Waals surface area contributed by atoms with Gasteiger partial charge in [-0.25, -0.2) is 17.2 Å². The van der Waals surface area contributed by atoms with Crippen molar-refractivity contribution in [1.29, 1.82) is 0 Å². The third-order valence-electron chi connectivity index (χ3n) is 4.88. The van der Waals surface area contributed by atoms with Gasteiger partial charge in [0.2, 0.25) is 10.0 Å². The average Bonchev–Trinajstić information content (AvgIpc) is 2.96. The number of amides is 1. The Kier molecular flexibility index (Phi) is 6.55. The SMILES string of the molecule is Cc1ccc(NC(=O)c2cc(F)c(F)cc2Cl)cc1S(=O)(=O)N1CCCCCC1. The smallest absolute Gasteiger partial charge is 0.257 e. The largest absolute Gasteiger partial charge is 0.322 e. The molecule has 1 saturated heterocycles. The number of nitrogens with one attached hydrogen (secondary N) is 1. The van der Waals surface area contributed by atoms with Crippen LogP contribution in [0.1, 0.15) is 41.6 Å². The predicted octanol–water partition coefficient (Wildman–Crippen LogP) is 4.74. The minimum atomic E-state index is -3.71. The summed E-state index contributed by atoms with van der Waals surface area (Å²) in [5.74, 6) is -3.13. The fourth-order valence-electron chi connectivity index (χ4n) is 3.27. The van der Waals surface area contributed by atoms with Crippen molar-refractivity contribution in [1.82, 2.24) is 4.31 Å². The quantitative estimate of drug-likeness (QED) is 0.695. The Labute approximate surface area is 173 Å². The maximum atomic E-state index is 13.5. The summed E-state index contributed by atoms with van der Waals surface area (Å²) in [6, 6.07) is 5.93. The molecule has 0 unspecified atom stereocenters. The molecule has 0 radical (unpaired) electrons. The van der Waals surface area contributed by atoms with E-state index in [1.807, 2.05) is 0 Å². The van der Waals surface area contributed by atoms with E-state index in [0.717, 1.165) is 31.7 Å². The zero-order chi connectivity index (χ0) is 21.2. The number of carbonyl (C=O) groups is 1. The summed E-state index contributed by atoms with van der Waals surface area (Å²) in [7, 11) is -3.71. The monoisotopic (exact) mass is 442 g/mol. The van der Waals surface area contributed by atoms with Crippen LogP contribution in [-0.4, -0.2) is 31.7 Å². The Balaban J connectivity index is 1.89. The first-order valence-corrected chi connectivity index (χ1v) is 11.1. The van der Waals surface area contributed by atoms with E-state index in [9.17, 15) is 22.0 Å². The zero-order valence-electron chi connectivity index (χ0n) is 15.8. The van der Waals surface area contributed by atoms with Gasteiger partial charge in [-0.05, 0) is 49.6 Å². The molecule has 1 N–H and O–H groups in total. The highest BCUT2D eigenvalue weighted by atomic mass is 35.5. The molecule has 2 aromatic rings. The number of carbonyl (C=O) groups excluding carboxylic acids is 1. The summed E-state index contributed by atoms with van der Waals surface area (Å²) in [5.41, 5.74) is 0.524. The number of hydrogen-bond acceptors (Lipinski definition) is 3. The lowest BCUT2D eigenvalue weighted by Crippen LogP contribution is -2.32. The molecule has 5 nitrogen and oxygen atoms in total. The summed E-state index contributed by atoms with van der Waals surface area (Å²) in [6.07, 6.45) is 3.61. The van der Waals surface area contributed by atoms with Crippen molar-refractivity contribution in [2.24, 2.45) is 0 Å². The van der Waals surface area contributed by atoms with Gasteiger partial charge < -0.3 is 5.32 Å². The number of rotatable bonds is 4. The van der Waals surface area contributed by atoms with Crippen LogP contribution >= 0.6 is 11.6 Å². The summed E-state index contributed by atoms with van der Waals surface area (Å²) < 4.78 is 54.4. The fraction of sp³-hybridized carbons (Fsp3) is 0.350. The number of halogens is 3. The minimum absolute atomic E-state index is 0.105. The van der Waals surface area contributed by atoms with Gasteiger partial charge in [0.1, 0.15) is 0 Å². The second-order valence-corrected chi connectivity index (χ2v) is 9.31. The topological polar surface area (TPSA) is 66.5 Å². The highest BCUT2D eigenvalue weighted by Gasteiger charge is 2.27. The lowest BCUT2D eigenvalue weighted by Gasteiger charge is -2.21. The molecule has 0 aliphatic carbocycles. The second-order valence-electron chi connectivity index (χ2n) is 7.00. The van der Waals surface area contributed by atoms with Crippen molar-refractivity contribution < 1.29 is 22.0 Å². The Morgan fingerprint density at radius 2 is 1.66 bits per heavy atom. The van der Waals surface area contributed by atoms with E-state index in [-0.39, 0.29) is 21.2 Å². The molecule has 156 valence electrons. The Hall–Kier alpha value is -2.03. The molecule has 2 aromatic carbocycles. The fourth-order valence-corrected chi connectivity index (χ4v) is 5.28. The Bertz CT molecular complexity index is 1040. The van der Waals surface area contributed by atoms with Crippen LogP contribution in [-0.2, 0) is 10.0 Å². The van der Waals surface area contributed by atoms with Gasteiger partial charge >= 0.3 is 0 Å². The van der Waals surface area contributed by atoms with Gasteiger partial charge in [0.15, 0.2) is 11.6 Å². The number of hydrogen-bond donors (Lipinski definition) is 1. The van der Waals surface area contributed by atoms with Crippen LogP contribution in [0, 0.1) is 18.6 Å². The molecule has 0 spiro atoms. The first-order chi connectivity index (χ1) is 13.7. The third kappa shape index (κ3) is 4.76. The van der Waals surface area contributed by atoms with Gasteiger partial charge in [-0.1, -0.05) is 30.5 Å². The van der Waals surface area contributed by atoms with Gasteiger partial charge in [0.25, 0.3) is 5.91 Å². The molecule has 0 saturated carbocycles. The molecule has 1 fully saturated rings. The van der Waals surface area contributed by atoms with Gasteiger partial charge in [-0.3, -0.25) is 4.79 Å². The molecule has 1 heterocycles. The number of benzene rings is 2. The predicted molar refractivity (Wildman–Crippen MR) is 108 cm³/mol. The van der Waals surface area contributed by atoms with Crippen LogP contribution in [0.3, 0.4) is 0 Å². The van der Waals surface area contributed by atoms with Crippen molar-refractivity contribution >= 4 is 33.2 Å². The molecular formula is C20H21ClF2N2O3S. The first kappa shape index (κ1) is 21.7. The van der Waals surface area contributed by atoms with Gasteiger partial charge in [0.05, 0.1) is 15.5 Å². The average molecular weight is 443 g/mol. The first-order valence-electron chi connectivity index (χ1n) is 9.27. The van der Waals surface area contributed by atoms with Crippen molar-refractivity contribution in [2.45, 2.75) is 37.5 Å². The lowest BCUT2D eigenvalue weighted by atomic mass is 10.1. The van der Waals surface area contributed by atoms with Gasteiger partial charge in [-0.15, -0.1) is 0 Å². The molecule has 0 atom stereocenters. The molecule has 9 heteroatoms. The van der Waals surface area contributed by atoms with Gasteiger partial charge in [-0.2, -0.15) is 4.31 Å². The third-order valence-corrected chi connectivity index (χ3v) is 7.24. The number of aryl methyl sites for hydroxylation is 1. The number of sulfonamides is 1. The van der Waals surface area contributed by atoms with E-state index in [1.54, 1.807) is 19.1 Å². The summed E-state index contributed by atoms with van der Waals surface area (Å²) in [6.45, 7) is 2.61. The Morgan fingerprint density at radius 1 is 1.03 bits per heavy atom. The Morgan fingerprint density at radius 3 is 2.31 bits per heavy atom. The van der Waals surface area contributed by atoms with E-state index in [1.165, 1.54) is 10.4 Å². The molecule has 1 aliphatic heterocycles. The van der Waals surface area contributed by atoms with E-state index in [2.05, 4.69) is 5.32 Å². The highest BCUT2D eigenvalue weighted by Crippen LogP contribution is 2.27. The molecule has 0 aromatic heterocycles. The maximum Gasteiger partial charge on any atom is 0.257 e. The van der Waals surface area contributed by atoms with Crippen LogP contribution in [0.25, 0.3) is 0 Å². The van der Waals surface area contributed by atoms with Crippen LogP contribution in [0.5, 0.6) is 0 Å². The van der Waals surface area contributed by atoms with E-state index < -0.39 is 27.6 Å². The van der Waals surface area contributed by atoms with E-state index >= 15 is 0 Å². The molecule has 3 rings (SSSR count). The molecule has 1 amide bonds. The minimum Gasteiger partial charge on any atom is -0.322 e. The lowest BCUT2D eigenvalue weighted by molar-refractivity contribution is 0.102. The molecule has 0 bridgehead atoms. The van der Waals surface area contributed by atoms with Crippen LogP contribution < -0.4 is 5.32 Å². The molecule has 1 aliphatic rings. The summed E-state index contributed by atoms with van der Waals surface area (Å²) in [5, 5.41) is 2.26. The summed E-state index contributed by atoms with van der Waals surface area (Å²) in [4.78, 5) is 12.6. The maximum absolute atomic E-state index is 13.5. The normalized spacial score (nSPS) is 15.7. The summed E-state index contributed by atoms with van der Waals surface area (Å²) >= 11 is 5.84. The van der Waals surface area contributed by atoms with E-state index in [4.69, 9.17) is 11.6 Å². The van der Waals surface area contributed by atoms with E-state index in [0.29, 0.717) is 24.7 Å². The van der Waals surface area contributed by atoms with Crippen LogP contribution in [0.15, 0.2) is 35.2 Å². The number of nitrogens with zero attached hydrogens (tertiary/aromatic N) is 1. The molecule has 29 heavy (non-hydrogen) atoms. The molecular weight excluding hydrogens is 422 g/mol. The van der Waals surface area contributed by atoms with Crippen molar-refractivity contribution in [3.63, 3.8) is 0 Å². The van der Waals surface area contributed by atoms with Crippen molar-refractivity contribution in [3.8, 4) is 0 Å². The van der Waals surface area contributed by atoms with Crippen LogP contribution in [0.4, 0.5) is 14.5 Å². The second kappa shape index (κ2) is 8.77. The van der Waals surface area contributed by atoms with Gasteiger partial charge in [0, 0.05) is 18.8 Å². The standard InChI is InChI=1S/C20H21ClF2N2O3S/c1-13-6-7-14(24-20(26)15-11-17(22)18(23)12-16(15)21)10-19(13)29(27,28)25-8-4-2-3-5-9-25/h6-7,10-12H,2-5,8-9H2,1H3,(H,24,26). The van der Waals surface area contributed by atoms with Crippen molar-refractivity contribution in [2.75, 3.05) is 18.4 Å². The van der Waals surface area contributed by atoms with Crippen molar-refractivity contribution in [3.05, 3.63) is 58.1 Å². The van der Waals surface area contributed by atoms with Crippen LogP contribution in [0.2, 0.25) is 5.02 Å².